The van der Waals surface area contributed by atoms with E-state index in [0.717, 1.165) is 21.9 Å². The summed E-state index contributed by atoms with van der Waals surface area (Å²) < 4.78 is 0. The van der Waals surface area contributed by atoms with Gasteiger partial charge in [-0.15, -0.1) is 0 Å². The van der Waals surface area contributed by atoms with Crippen LogP contribution in [0.5, 0.6) is 0 Å². The van der Waals surface area contributed by atoms with Crippen LogP contribution >= 0.6 is 11.6 Å². The predicted octanol–water partition coefficient (Wildman–Crippen LogP) is 4.29. The maximum Gasteiger partial charge on any atom is 0.194 e. The minimum absolute atomic E-state index is 0.0412. The normalized spacial score (nSPS) is 12.6. The molecule has 0 amide bonds. The van der Waals surface area contributed by atoms with Gasteiger partial charge in [-0.25, -0.2) is 0 Å². The predicted molar refractivity (Wildman–Crippen MR) is 82.2 cm³/mol. The van der Waals surface area contributed by atoms with Crippen LogP contribution in [0.3, 0.4) is 0 Å². The van der Waals surface area contributed by atoms with Crippen LogP contribution in [0.4, 0.5) is 5.69 Å². The molecule has 0 spiro atoms. The Morgan fingerprint density at radius 1 is 0.900 bits per heavy atom. The van der Waals surface area contributed by atoms with Gasteiger partial charge in [-0.1, -0.05) is 54.1 Å². The summed E-state index contributed by atoms with van der Waals surface area (Å²) in [6.45, 7) is 0. The summed E-state index contributed by atoms with van der Waals surface area (Å²) in [7, 11) is 0. The molecule has 3 aromatic carbocycles. The smallest absolute Gasteiger partial charge is 0.194 e. The van der Waals surface area contributed by atoms with Crippen molar-refractivity contribution in [1.29, 1.82) is 0 Å². The number of carbonyl (C=O) groups excluding carboxylic acids is 1. The Labute approximate surface area is 120 Å². The summed E-state index contributed by atoms with van der Waals surface area (Å²) in [5.74, 6) is 0.0412. The summed E-state index contributed by atoms with van der Waals surface area (Å²) in [4.78, 5) is 12.6. The molecule has 0 radical (unpaired) electrons. The van der Waals surface area contributed by atoms with Crippen LogP contribution in [0.1, 0.15) is 15.9 Å². The topological polar surface area (TPSA) is 43.1 Å². The van der Waals surface area contributed by atoms with Crippen molar-refractivity contribution in [1.82, 2.24) is 0 Å². The lowest BCUT2D eigenvalue weighted by Gasteiger charge is -2.21. The highest BCUT2D eigenvalue weighted by Gasteiger charge is 2.27. The number of fused-ring (bicyclic) bond motifs is 2. The van der Waals surface area contributed by atoms with Crippen LogP contribution in [0.15, 0.2) is 48.5 Å². The van der Waals surface area contributed by atoms with Crippen LogP contribution < -0.4 is 5.73 Å². The van der Waals surface area contributed by atoms with E-state index in [2.05, 4.69) is 0 Å². The summed E-state index contributed by atoms with van der Waals surface area (Å²) >= 11 is 6.42. The Morgan fingerprint density at radius 3 is 2.40 bits per heavy atom. The second-order valence-corrected chi connectivity index (χ2v) is 5.31. The highest BCUT2D eigenvalue weighted by molar-refractivity contribution is 6.40. The van der Waals surface area contributed by atoms with Gasteiger partial charge >= 0.3 is 0 Å². The lowest BCUT2D eigenvalue weighted by atomic mass is 9.82. The van der Waals surface area contributed by atoms with E-state index < -0.39 is 0 Å². The molecule has 2 nitrogen and oxygen atoms in total. The molecule has 3 aromatic rings. The summed E-state index contributed by atoms with van der Waals surface area (Å²) in [5.41, 5.74) is 9.65. The van der Waals surface area contributed by atoms with Crippen molar-refractivity contribution in [2.45, 2.75) is 0 Å². The number of halogens is 1. The van der Waals surface area contributed by atoms with Gasteiger partial charge in [0.1, 0.15) is 0 Å². The Kier molecular flexibility index (Phi) is 2.21. The fraction of sp³-hybridized carbons (Fsp3) is 0. The molecule has 4 rings (SSSR count). The molecule has 96 valence electrons. The first-order chi connectivity index (χ1) is 9.68. The molecule has 20 heavy (non-hydrogen) atoms. The number of ketones is 1. The highest BCUT2D eigenvalue weighted by Crippen LogP contribution is 2.45. The maximum absolute atomic E-state index is 12.6. The quantitative estimate of drug-likeness (QED) is 0.488. The van der Waals surface area contributed by atoms with Gasteiger partial charge in [0.2, 0.25) is 0 Å². The number of rotatable bonds is 0. The molecule has 1 aliphatic rings. The van der Waals surface area contributed by atoms with Crippen molar-refractivity contribution in [3.63, 3.8) is 0 Å². The molecule has 0 unspecified atom stereocenters. The zero-order valence-electron chi connectivity index (χ0n) is 10.5. The first-order valence-corrected chi connectivity index (χ1v) is 6.71. The standard InChI is InChI=1S/C17H10ClNO/c18-16-13(19)8-9-4-3-7-12-14(9)15(16)10-5-1-2-6-11(10)17(12)20/h1-8H,19H2. The molecular formula is C17H10ClNO. The number of hydrogen-bond donors (Lipinski definition) is 1. The summed E-state index contributed by atoms with van der Waals surface area (Å²) in [6, 6.07) is 15.0. The zero-order chi connectivity index (χ0) is 13.9. The molecule has 0 saturated carbocycles. The molecule has 0 aliphatic heterocycles. The van der Waals surface area contributed by atoms with E-state index in [9.17, 15) is 4.79 Å². The van der Waals surface area contributed by atoms with E-state index in [1.54, 1.807) is 0 Å². The van der Waals surface area contributed by atoms with Gasteiger partial charge in [0.05, 0.1) is 10.7 Å². The third kappa shape index (κ3) is 1.32. The van der Waals surface area contributed by atoms with Gasteiger partial charge in [-0.2, -0.15) is 0 Å². The zero-order valence-corrected chi connectivity index (χ0v) is 11.2. The van der Waals surface area contributed by atoms with Crippen molar-refractivity contribution >= 4 is 33.8 Å². The highest BCUT2D eigenvalue weighted by atomic mass is 35.5. The van der Waals surface area contributed by atoms with Crippen LogP contribution in [-0.4, -0.2) is 5.78 Å². The third-order valence-electron chi connectivity index (χ3n) is 3.82. The number of nitrogens with two attached hydrogens (primary N) is 1. The summed E-state index contributed by atoms with van der Waals surface area (Å²) in [5, 5.41) is 2.36. The maximum atomic E-state index is 12.6. The third-order valence-corrected chi connectivity index (χ3v) is 4.22. The lowest BCUT2D eigenvalue weighted by molar-refractivity contribution is 0.104. The Morgan fingerprint density at radius 2 is 1.60 bits per heavy atom. The molecule has 0 fully saturated rings. The fourth-order valence-electron chi connectivity index (χ4n) is 2.94. The molecule has 1 aliphatic carbocycles. The van der Waals surface area contributed by atoms with Gasteiger partial charge in [0, 0.05) is 22.1 Å². The van der Waals surface area contributed by atoms with E-state index in [-0.39, 0.29) is 5.78 Å². The van der Waals surface area contributed by atoms with Crippen molar-refractivity contribution in [3.05, 3.63) is 64.7 Å². The van der Waals surface area contributed by atoms with Crippen molar-refractivity contribution in [3.8, 4) is 11.1 Å². The van der Waals surface area contributed by atoms with Gasteiger partial charge in [-0.05, 0) is 17.0 Å². The molecule has 0 bridgehead atoms. The van der Waals surface area contributed by atoms with E-state index in [1.807, 2.05) is 48.5 Å². The SMILES string of the molecule is Nc1cc2cccc3c2c(c1Cl)-c1ccccc1C3=O. The Hall–Kier alpha value is -2.32. The lowest BCUT2D eigenvalue weighted by Crippen LogP contribution is -2.10. The average Bonchev–Trinajstić information content (AvgIpc) is 2.47. The van der Waals surface area contributed by atoms with Gasteiger partial charge in [0.15, 0.2) is 5.78 Å². The molecule has 0 heterocycles. The molecule has 0 atom stereocenters. The number of carbonyl (C=O) groups is 1. The van der Waals surface area contributed by atoms with E-state index >= 15 is 0 Å². The second-order valence-electron chi connectivity index (χ2n) is 4.93. The second kappa shape index (κ2) is 3.84. The Bertz CT molecular complexity index is 899. The molecule has 0 aromatic heterocycles. The average molecular weight is 280 g/mol. The van der Waals surface area contributed by atoms with Crippen molar-refractivity contribution in [2.75, 3.05) is 5.73 Å². The summed E-state index contributed by atoms with van der Waals surface area (Å²) in [6.07, 6.45) is 0. The molecule has 3 heteroatoms. The minimum Gasteiger partial charge on any atom is -0.397 e. The van der Waals surface area contributed by atoms with Crippen molar-refractivity contribution < 1.29 is 4.79 Å². The van der Waals surface area contributed by atoms with E-state index in [0.29, 0.717) is 21.8 Å². The number of anilines is 1. The number of benzene rings is 3. The van der Waals surface area contributed by atoms with Crippen LogP contribution in [0.25, 0.3) is 21.9 Å². The van der Waals surface area contributed by atoms with Crippen LogP contribution in [-0.2, 0) is 0 Å². The fourth-order valence-corrected chi connectivity index (χ4v) is 3.19. The minimum atomic E-state index is 0.0412. The van der Waals surface area contributed by atoms with Crippen LogP contribution in [0.2, 0.25) is 5.02 Å². The number of nitrogen functional groups attached to an aromatic ring is 1. The van der Waals surface area contributed by atoms with Gasteiger partial charge in [-0.3, -0.25) is 4.79 Å². The number of hydrogen-bond acceptors (Lipinski definition) is 2. The van der Waals surface area contributed by atoms with Gasteiger partial charge < -0.3 is 5.73 Å². The molecular weight excluding hydrogens is 270 g/mol. The largest absolute Gasteiger partial charge is 0.397 e. The molecule has 0 saturated heterocycles. The van der Waals surface area contributed by atoms with Crippen molar-refractivity contribution in [2.24, 2.45) is 0 Å². The first-order valence-electron chi connectivity index (χ1n) is 6.33. The first kappa shape index (κ1) is 11.5. The van der Waals surface area contributed by atoms with E-state index in [4.69, 9.17) is 17.3 Å². The van der Waals surface area contributed by atoms with Gasteiger partial charge in [0.25, 0.3) is 0 Å². The van der Waals surface area contributed by atoms with Crippen LogP contribution in [0, 0.1) is 0 Å². The molecule has 2 N–H and O–H groups in total. The van der Waals surface area contributed by atoms with E-state index in [1.165, 1.54) is 0 Å². The Balaban J connectivity index is 2.32. The monoisotopic (exact) mass is 279 g/mol.